The first-order valence-electron chi connectivity index (χ1n) is 10.2. The van der Waals surface area contributed by atoms with E-state index in [4.69, 9.17) is 9.47 Å². The largest absolute Gasteiger partial charge is 0.444 e. The van der Waals surface area contributed by atoms with Crippen molar-refractivity contribution in [1.82, 2.24) is 14.9 Å². The lowest BCUT2D eigenvalue weighted by Gasteiger charge is -2.41. The second kappa shape index (κ2) is 9.28. The summed E-state index contributed by atoms with van der Waals surface area (Å²) in [6.45, 7) is 8.15. The molecule has 9 heteroatoms. The highest BCUT2D eigenvalue weighted by Crippen LogP contribution is 2.31. The first-order chi connectivity index (χ1) is 14.2. The van der Waals surface area contributed by atoms with E-state index in [1.807, 2.05) is 39.1 Å². The lowest BCUT2D eigenvalue weighted by molar-refractivity contribution is -0.138. The van der Waals surface area contributed by atoms with Crippen molar-refractivity contribution in [2.75, 3.05) is 31.6 Å². The number of aliphatic hydroxyl groups is 1. The Hall–Kier alpha value is -2.23. The number of carbonyl (C=O) groups is 1. The molecule has 30 heavy (non-hydrogen) atoms. The number of nitrogens with one attached hydrogen (secondary N) is 1. The highest BCUT2D eigenvalue weighted by atomic mass is 32.1. The van der Waals surface area contributed by atoms with Gasteiger partial charge in [0.2, 0.25) is 0 Å². The number of nitrogens with zero attached hydrogens (tertiary/aromatic N) is 3. The molecule has 164 valence electrons. The zero-order chi connectivity index (χ0) is 21.8. The van der Waals surface area contributed by atoms with Crippen LogP contribution >= 0.6 is 11.3 Å². The molecule has 0 spiro atoms. The number of anilines is 2. The van der Waals surface area contributed by atoms with Crippen LogP contribution in [0.15, 0.2) is 24.4 Å². The molecule has 0 aromatic carbocycles. The average Bonchev–Trinajstić information content (AvgIpc) is 3.14. The normalized spacial score (nSPS) is 19.6. The third-order valence-electron chi connectivity index (χ3n) is 4.59. The molecule has 0 aliphatic carbocycles. The van der Waals surface area contributed by atoms with Crippen molar-refractivity contribution in [2.45, 2.75) is 51.7 Å². The van der Waals surface area contributed by atoms with Gasteiger partial charge in [0.15, 0.2) is 10.7 Å². The molecule has 1 fully saturated rings. The SMILES string of the molecule is CCCc1cnc(Nc2cccc([C@]3(CO)CN(C(=O)OC(C)(C)C)CCO3)n2)s1. The Morgan fingerprint density at radius 3 is 2.93 bits per heavy atom. The number of ether oxygens (including phenoxy) is 2. The van der Waals surface area contributed by atoms with Gasteiger partial charge in [0.05, 0.1) is 25.5 Å². The molecule has 0 saturated carbocycles. The van der Waals surface area contributed by atoms with Gasteiger partial charge < -0.3 is 24.8 Å². The predicted octanol–water partition coefficient (Wildman–Crippen LogP) is 3.69. The van der Waals surface area contributed by atoms with Gasteiger partial charge in [0, 0.05) is 17.6 Å². The monoisotopic (exact) mass is 434 g/mol. The molecule has 1 aliphatic rings. The molecule has 0 radical (unpaired) electrons. The number of rotatable bonds is 6. The van der Waals surface area contributed by atoms with Crippen molar-refractivity contribution < 1.29 is 19.4 Å². The first-order valence-corrected chi connectivity index (χ1v) is 11.0. The molecule has 2 N–H and O–H groups in total. The molecule has 0 bridgehead atoms. The van der Waals surface area contributed by atoms with Crippen LogP contribution < -0.4 is 5.32 Å². The Bertz CT molecular complexity index is 867. The minimum Gasteiger partial charge on any atom is -0.444 e. The summed E-state index contributed by atoms with van der Waals surface area (Å²) in [5.41, 5.74) is -1.15. The molecule has 0 unspecified atom stereocenters. The highest BCUT2D eigenvalue weighted by molar-refractivity contribution is 7.15. The molecule has 1 amide bonds. The van der Waals surface area contributed by atoms with Crippen molar-refractivity contribution in [3.8, 4) is 0 Å². The number of amides is 1. The molecular weight excluding hydrogens is 404 g/mol. The van der Waals surface area contributed by atoms with E-state index in [0.717, 1.165) is 18.0 Å². The van der Waals surface area contributed by atoms with Gasteiger partial charge in [-0.25, -0.2) is 14.8 Å². The number of morpholine rings is 1. The standard InChI is InChI=1S/C21H30N4O4S/c1-5-7-15-12-22-18(30-15)24-17-9-6-8-16(23-17)21(14-26)13-25(10-11-28-21)19(27)29-20(2,3)4/h6,8-9,12,26H,5,7,10-11,13-14H2,1-4H3,(H,22,23,24)/t21-/m1/s1. The van der Waals surface area contributed by atoms with Gasteiger partial charge in [-0.3, -0.25) is 0 Å². The zero-order valence-electron chi connectivity index (χ0n) is 18.0. The number of aromatic nitrogens is 2. The third-order valence-corrected chi connectivity index (χ3v) is 5.57. The summed E-state index contributed by atoms with van der Waals surface area (Å²) in [6, 6.07) is 5.48. The van der Waals surface area contributed by atoms with Gasteiger partial charge in [0.25, 0.3) is 0 Å². The smallest absolute Gasteiger partial charge is 0.410 e. The van der Waals surface area contributed by atoms with E-state index in [1.54, 1.807) is 22.3 Å². The number of pyridine rings is 1. The fourth-order valence-electron chi connectivity index (χ4n) is 3.19. The number of carbonyl (C=O) groups excluding carboxylic acids is 1. The van der Waals surface area contributed by atoms with Gasteiger partial charge >= 0.3 is 6.09 Å². The van der Waals surface area contributed by atoms with E-state index < -0.39 is 17.3 Å². The summed E-state index contributed by atoms with van der Waals surface area (Å²) in [7, 11) is 0. The third kappa shape index (κ3) is 5.47. The van der Waals surface area contributed by atoms with Crippen LogP contribution in [-0.4, -0.2) is 58.0 Å². The predicted molar refractivity (Wildman–Crippen MR) is 116 cm³/mol. The zero-order valence-corrected chi connectivity index (χ0v) is 18.8. The van der Waals surface area contributed by atoms with Crippen molar-refractivity contribution >= 4 is 28.4 Å². The molecular formula is C21H30N4O4S. The number of hydrogen-bond donors (Lipinski definition) is 2. The van der Waals surface area contributed by atoms with E-state index in [1.165, 1.54) is 4.88 Å². The van der Waals surface area contributed by atoms with Crippen LogP contribution in [0, 0.1) is 0 Å². The minimum atomic E-state index is -1.11. The molecule has 3 heterocycles. The van der Waals surface area contributed by atoms with Gasteiger partial charge in [-0.2, -0.15) is 0 Å². The van der Waals surface area contributed by atoms with Gasteiger partial charge in [-0.1, -0.05) is 19.4 Å². The molecule has 1 aliphatic heterocycles. The van der Waals surface area contributed by atoms with Crippen LogP contribution in [0.2, 0.25) is 0 Å². The number of hydrogen-bond acceptors (Lipinski definition) is 8. The van der Waals surface area contributed by atoms with E-state index in [-0.39, 0.29) is 19.8 Å². The number of aryl methyl sites for hydroxylation is 1. The molecule has 2 aromatic heterocycles. The fraction of sp³-hybridized carbons (Fsp3) is 0.571. The summed E-state index contributed by atoms with van der Waals surface area (Å²) in [5.74, 6) is 0.607. The summed E-state index contributed by atoms with van der Waals surface area (Å²) < 4.78 is 11.4. The van der Waals surface area contributed by atoms with Crippen LogP contribution in [0.3, 0.4) is 0 Å². The molecule has 1 saturated heterocycles. The van der Waals surface area contributed by atoms with Crippen LogP contribution in [0.1, 0.15) is 44.7 Å². The summed E-state index contributed by atoms with van der Waals surface area (Å²) >= 11 is 1.60. The molecule has 2 aromatic rings. The van der Waals surface area contributed by atoms with Gasteiger partial charge in [-0.15, -0.1) is 11.3 Å². The van der Waals surface area contributed by atoms with E-state index >= 15 is 0 Å². The Kier molecular flexibility index (Phi) is 6.95. The summed E-state index contributed by atoms with van der Waals surface area (Å²) in [4.78, 5) is 24.4. The Balaban J connectivity index is 1.78. The van der Waals surface area contributed by atoms with Crippen molar-refractivity contribution in [3.63, 3.8) is 0 Å². The fourth-order valence-corrected chi connectivity index (χ4v) is 4.11. The lowest BCUT2D eigenvalue weighted by Crippen LogP contribution is -2.55. The Morgan fingerprint density at radius 2 is 2.23 bits per heavy atom. The molecule has 1 atom stereocenters. The second-order valence-electron chi connectivity index (χ2n) is 8.32. The number of aliphatic hydroxyl groups excluding tert-OH is 1. The van der Waals surface area contributed by atoms with Crippen molar-refractivity contribution in [3.05, 3.63) is 35.0 Å². The molecule has 3 rings (SSSR count). The van der Waals surface area contributed by atoms with E-state index in [9.17, 15) is 9.90 Å². The van der Waals surface area contributed by atoms with Gasteiger partial charge in [-0.05, 0) is 39.3 Å². The Labute approximate surface area is 181 Å². The van der Waals surface area contributed by atoms with Crippen LogP contribution in [0.5, 0.6) is 0 Å². The van der Waals surface area contributed by atoms with Crippen molar-refractivity contribution in [2.24, 2.45) is 0 Å². The van der Waals surface area contributed by atoms with E-state index in [0.29, 0.717) is 18.1 Å². The lowest BCUT2D eigenvalue weighted by atomic mass is 9.97. The Morgan fingerprint density at radius 1 is 1.43 bits per heavy atom. The van der Waals surface area contributed by atoms with Crippen LogP contribution in [0.4, 0.5) is 15.7 Å². The number of thiazole rings is 1. The molecule has 8 nitrogen and oxygen atoms in total. The van der Waals surface area contributed by atoms with E-state index in [2.05, 4.69) is 22.2 Å². The second-order valence-corrected chi connectivity index (χ2v) is 9.43. The maximum absolute atomic E-state index is 12.5. The maximum Gasteiger partial charge on any atom is 0.410 e. The topological polar surface area (TPSA) is 96.8 Å². The maximum atomic E-state index is 12.5. The summed E-state index contributed by atoms with van der Waals surface area (Å²) in [6.07, 6.45) is 3.51. The van der Waals surface area contributed by atoms with Crippen molar-refractivity contribution in [1.29, 1.82) is 0 Å². The minimum absolute atomic E-state index is 0.159. The van der Waals surface area contributed by atoms with Gasteiger partial charge in [0.1, 0.15) is 11.4 Å². The summed E-state index contributed by atoms with van der Waals surface area (Å²) in [5, 5.41) is 14.2. The average molecular weight is 435 g/mol. The quantitative estimate of drug-likeness (QED) is 0.716. The van der Waals surface area contributed by atoms with Crippen LogP contribution in [0.25, 0.3) is 0 Å². The first kappa shape index (κ1) is 22.5. The van der Waals surface area contributed by atoms with Crippen LogP contribution in [-0.2, 0) is 21.5 Å². The highest BCUT2D eigenvalue weighted by Gasteiger charge is 2.42.